The molecule has 1 aliphatic heterocycles. The number of anilines is 1. The number of rotatable bonds is 8. The first-order valence-corrected chi connectivity index (χ1v) is 12.1. The number of carbonyl (C=O) groups is 4. The fourth-order valence-electron chi connectivity index (χ4n) is 5.01. The summed E-state index contributed by atoms with van der Waals surface area (Å²) in [6, 6.07) is 14.9. The van der Waals surface area contributed by atoms with Gasteiger partial charge in [-0.1, -0.05) is 49.2 Å². The van der Waals surface area contributed by atoms with E-state index in [1.807, 2.05) is 30.3 Å². The van der Waals surface area contributed by atoms with Crippen LogP contribution >= 0.6 is 0 Å². The largest absolute Gasteiger partial charge is 0.427 e. The first-order chi connectivity index (χ1) is 16.9. The SMILES string of the molecule is CC(=O)Nc1ccc2c(c1)CC[C@]21OC(=O)N(CC(=O)N(CCC2CC2)Cc2ccccc2)C1=O. The molecule has 1 heterocycles. The van der Waals surface area contributed by atoms with Crippen molar-refractivity contribution in [1.29, 1.82) is 0 Å². The van der Waals surface area contributed by atoms with Gasteiger partial charge in [-0.2, -0.15) is 0 Å². The predicted molar refractivity (Wildman–Crippen MR) is 128 cm³/mol. The fraction of sp³-hybridized carbons (Fsp3) is 0.407. The summed E-state index contributed by atoms with van der Waals surface area (Å²) in [5.74, 6) is -0.299. The fourth-order valence-corrected chi connectivity index (χ4v) is 5.01. The Morgan fingerprint density at radius 1 is 1.14 bits per heavy atom. The second kappa shape index (κ2) is 9.17. The molecule has 0 aromatic heterocycles. The molecule has 2 fully saturated rings. The quantitative estimate of drug-likeness (QED) is 0.630. The number of hydrogen-bond acceptors (Lipinski definition) is 5. The van der Waals surface area contributed by atoms with Crippen molar-refractivity contribution in [3.8, 4) is 0 Å². The summed E-state index contributed by atoms with van der Waals surface area (Å²) in [4.78, 5) is 53.7. The van der Waals surface area contributed by atoms with Crippen LogP contribution < -0.4 is 5.32 Å². The number of fused-ring (bicyclic) bond motifs is 2. The van der Waals surface area contributed by atoms with Crippen LogP contribution in [-0.2, 0) is 37.7 Å². The van der Waals surface area contributed by atoms with Crippen molar-refractivity contribution in [2.75, 3.05) is 18.4 Å². The monoisotopic (exact) mass is 475 g/mol. The zero-order chi connectivity index (χ0) is 24.6. The van der Waals surface area contributed by atoms with Crippen LogP contribution in [0.4, 0.5) is 10.5 Å². The second-order valence-electron chi connectivity index (χ2n) is 9.67. The number of nitrogens with zero attached hydrogens (tertiary/aromatic N) is 2. The van der Waals surface area contributed by atoms with E-state index < -0.39 is 17.6 Å². The van der Waals surface area contributed by atoms with Crippen molar-refractivity contribution in [3.63, 3.8) is 0 Å². The highest BCUT2D eigenvalue weighted by Gasteiger charge is 2.58. The molecule has 1 N–H and O–H groups in total. The van der Waals surface area contributed by atoms with Crippen molar-refractivity contribution in [1.82, 2.24) is 9.80 Å². The summed E-state index contributed by atoms with van der Waals surface area (Å²) in [5.41, 5.74) is 1.70. The van der Waals surface area contributed by atoms with E-state index in [-0.39, 0.29) is 18.4 Å². The van der Waals surface area contributed by atoms with Gasteiger partial charge in [-0.3, -0.25) is 14.4 Å². The lowest BCUT2D eigenvalue weighted by molar-refractivity contribution is -0.142. The maximum Gasteiger partial charge on any atom is 0.418 e. The smallest absolute Gasteiger partial charge is 0.418 e. The molecule has 0 unspecified atom stereocenters. The van der Waals surface area contributed by atoms with Crippen LogP contribution in [0.5, 0.6) is 0 Å². The standard InChI is InChI=1S/C27H29N3O5/c1-18(31)28-22-9-10-23-21(15-22)11-13-27(23)25(33)30(26(34)35-27)17-24(32)29(14-12-19-7-8-19)16-20-5-3-2-4-6-20/h2-6,9-10,15,19H,7-8,11-14,16-17H2,1H3,(H,28,31)/t27-/m0/s1. The molecule has 1 spiro atoms. The number of carbonyl (C=O) groups excluding carboxylic acids is 4. The van der Waals surface area contributed by atoms with Crippen LogP contribution in [0.25, 0.3) is 0 Å². The topological polar surface area (TPSA) is 96.0 Å². The Hall–Kier alpha value is -3.68. The summed E-state index contributed by atoms with van der Waals surface area (Å²) in [5, 5.41) is 2.73. The Labute approximate surface area is 204 Å². The molecule has 0 radical (unpaired) electrons. The number of nitrogens with one attached hydrogen (secondary N) is 1. The number of amides is 4. The molecule has 2 aromatic carbocycles. The van der Waals surface area contributed by atoms with Crippen molar-refractivity contribution in [2.24, 2.45) is 5.92 Å². The van der Waals surface area contributed by atoms with Crippen LogP contribution in [0.1, 0.15) is 49.3 Å². The Morgan fingerprint density at radius 3 is 2.63 bits per heavy atom. The second-order valence-corrected chi connectivity index (χ2v) is 9.67. The third-order valence-electron chi connectivity index (χ3n) is 7.05. The first-order valence-electron chi connectivity index (χ1n) is 12.1. The molecular weight excluding hydrogens is 446 g/mol. The number of imide groups is 1. The maximum absolute atomic E-state index is 13.5. The lowest BCUT2D eigenvalue weighted by Gasteiger charge is -2.25. The summed E-state index contributed by atoms with van der Waals surface area (Å²) in [7, 11) is 0. The van der Waals surface area contributed by atoms with E-state index >= 15 is 0 Å². The van der Waals surface area contributed by atoms with Gasteiger partial charge in [0.15, 0.2) is 0 Å². The van der Waals surface area contributed by atoms with E-state index in [0.29, 0.717) is 43.1 Å². The Bertz CT molecular complexity index is 1180. The van der Waals surface area contributed by atoms with Gasteiger partial charge in [-0.25, -0.2) is 9.69 Å². The van der Waals surface area contributed by atoms with E-state index in [1.54, 1.807) is 23.1 Å². The molecule has 8 heteroatoms. The molecule has 2 aromatic rings. The van der Waals surface area contributed by atoms with Gasteiger partial charge in [0.1, 0.15) is 6.54 Å². The van der Waals surface area contributed by atoms with Gasteiger partial charge in [0.25, 0.3) is 5.91 Å². The molecule has 1 saturated carbocycles. The van der Waals surface area contributed by atoms with Gasteiger partial charge in [-0.05, 0) is 42.0 Å². The van der Waals surface area contributed by atoms with E-state index in [1.165, 1.54) is 19.8 Å². The van der Waals surface area contributed by atoms with Gasteiger partial charge in [0.05, 0.1) is 0 Å². The highest BCUT2D eigenvalue weighted by molar-refractivity contribution is 6.06. The molecule has 1 atom stereocenters. The Kier molecular flexibility index (Phi) is 6.05. The van der Waals surface area contributed by atoms with Crippen LogP contribution in [0.2, 0.25) is 0 Å². The summed E-state index contributed by atoms with van der Waals surface area (Å²) >= 11 is 0. The minimum atomic E-state index is -1.40. The number of benzene rings is 2. The minimum Gasteiger partial charge on any atom is -0.427 e. The van der Waals surface area contributed by atoms with Crippen molar-refractivity contribution in [2.45, 2.75) is 51.2 Å². The van der Waals surface area contributed by atoms with Crippen molar-refractivity contribution in [3.05, 3.63) is 65.2 Å². The van der Waals surface area contributed by atoms with E-state index in [9.17, 15) is 19.2 Å². The Morgan fingerprint density at radius 2 is 1.91 bits per heavy atom. The van der Waals surface area contributed by atoms with Crippen LogP contribution in [0, 0.1) is 5.92 Å². The number of aryl methyl sites for hydroxylation is 1. The molecule has 35 heavy (non-hydrogen) atoms. The zero-order valence-corrected chi connectivity index (χ0v) is 19.8. The van der Waals surface area contributed by atoms with Crippen molar-refractivity contribution < 1.29 is 23.9 Å². The molecule has 0 bridgehead atoms. The van der Waals surface area contributed by atoms with Gasteiger partial charge < -0.3 is 15.0 Å². The Balaban J connectivity index is 1.32. The van der Waals surface area contributed by atoms with Gasteiger partial charge >= 0.3 is 6.09 Å². The van der Waals surface area contributed by atoms with Gasteiger partial charge in [0.2, 0.25) is 17.4 Å². The third kappa shape index (κ3) is 4.65. The number of ether oxygens (including phenoxy) is 1. The summed E-state index contributed by atoms with van der Waals surface area (Å²) < 4.78 is 5.67. The van der Waals surface area contributed by atoms with Gasteiger partial charge in [-0.15, -0.1) is 0 Å². The van der Waals surface area contributed by atoms with E-state index in [2.05, 4.69) is 5.32 Å². The van der Waals surface area contributed by atoms with Crippen LogP contribution in [0.3, 0.4) is 0 Å². The first kappa shape index (κ1) is 23.1. The molecular formula is C27H29N3O5. The molecule has 182 valence electrons. The van der Waals surface area contributed by atoms with Gasteiger partial charge in [0, 0.05) is 37.7 Å². The lowest BCUT2D eigenvalue weighted by atomic mass is 9.94. The van der Waals surface area contributed by atoms with E-state index in [4.69, 9.17) is 4.74 Å². The van der Waals surface area contributed by atoms with E-state index in [0.717, 1.165) is 22.4 Å². The minimum absolute atomic E-state index is 0.188. The number of hydrogen-bond donors (Lipinski definition) is 1. The average Bonchev–Trinajstić information content (AvgIpc) is 3.55. The zero-order valence-electron chi connectivity index (χ0n) is 19.8. The summed E-state index contributed by atoms with van der Waals surface area (Å²) in [6.07, 6.45) is 3.36. The predicted octanol–water partition coefficient (Wildman–Crippen LogP) is 3.59. The molecule has 5 rings (SSSR count). The lowest BCUT2D eigenvalue weighted by Crippen LogP contribution is -2.44. The molecule has 4 amide bonds. The molecule has 8 nitrogen and oxygen atoms in total. The highest BCUT2D eigenvalue weighted by atomic mass is 16.6. The normalized spacial score (nSPS) is 20.7. The molecule has 1 saturated heterocycles. The van der Waals surface area contributed by atoms with Crippen molar-refractivity contribution >= 4 is 29.5 Å². The van der Waals surface area contributed by atoms with Crippen LogP contribution in [-0.4, -0.2) is 46.7 Å². The molecule has 3 aliphatic rings. The van der Waals surface area contributed by atoms with Crippen LogP contribution in [0.15, 0.2) is 48.5 Å². The average molecular weight is 476 g/mol. The summed E-state index contributed by atoms with van der Waals surface area (Å²) in [6.45, 7) is 2.12. The molecule has 2 aliphatic carbocycles. The highest BCUT2D eigenvalue weighted by Crippen LogP contribution is 2.46. The maximum atomic E-state index is 13.5. The third-order valence-corrected chi connectivity index (χ3v) is 7.05.